The summed E-state index contributed by atoms with van der Waals surface area (Å²) in [5.41, 5.74) is 2.11. The Morgan fingerprint density at radius 3 is 2.60 bits per heavy atom. The molecule has 0 fully saturated rings. The quantitative estimate of drug-likeness (QED) is 0.848. The average Bonchev–Trinajstić information content (AvgIpc) is 2.45. The first-order chi connectivity index (χ1) is 9.58. The van der Waals surface area contributed by atoms with Crippen molar-refractivity contribution < 1.29 is 9.90 Å². The molecule has 20 heavy (non-hydrogen) atoms. The molecule has 1 unspecified atom stereocenters. The van der Waals surface area contributed by atoms with Gasteiger partial charge in [-0.15, -0.1) is 11.6 Å². The Morgan fingerprint density at radius 2 is 1.95 bits per heavy atom. The molecule has 0 aliphatic carbocycles. The summed E-state index contributed by atoms with van der Waals surface area (Å²) in [6.45, 7) is 2.16. The van der Waals surface area contributed by atoms with E-state index in [1.807, 2.05) is 37.3 Å². The van der Waals surface area contributed by atoms with E-state index in [1.54, 1.807) is 18.2 Å². The Kier molecular flexibility index (Phi) is 4.64. The Morgan fingerprint density at radius 1 is 1.25 bits per heavy atom. The molecule has 0 spiro atoms. The number of alkyl halides is 1. The highest BCUT2D eigenvalue weighted by atomic mass is 35.5. The summed E-state index contributed by atoms with van der Waals surface area (Å²) < 4.78 is 0. The number of amides is 1. The molecule has 0 saturated carbocycles. The Labute approximate surface area is 123 Å². The number of phenolic OH excluding ortho intramolecular Hbond substituents is 1. The van der Waals surface area contributed by atoms with Gasteiger partial charge in [-0.2, -0.15) is 0 Å². The van der Waals surface area contributed by atoms with Crippen LogP contribution in [-0.4, -0.2) is 17.6 Å². The number of aromatic hydroxyl groups is 1. The zero-order valence-electron chi connectivity index (χ0n) is 11.1. The minimum atomic E-state index is -0.330. The average molecular weight is 290 g/mol. The van der Waals surface area contributed by atoms with Crippen LogP contribution in [0.3, 0.4) is 0 Å². The van der Waals surface area contributed by atoms with Gasteiger partial charge in [0.05, 0.1) is 10.9 Å². The van der Waals surface area contributed by atoms with Gasteiger partial charge in [0, 0.05) is 6.54 Å². The van der Waals surface area contributed by atoms with Gasteiger partial charge in [-0.25, -0.2) is 0 Å². The standard InChI is InChI=1S/C16H16ClNO2/c1-11-7-8-13(15(19)9-11)16(20)18-10-14(17)12-5-3-2-4-6-12/h2-9,14,19H,10H2,1H3,(H,18,20). The van der Waals surface area contributed by atoms with E-state index in [-0.39, 0.29) is 22.6 Å². The predicted molar refractivity (Wildman–Crippen MR) is 80.2 cm³/mol. The van der Waals surface area contributed by atoms with Gasteiger partial charge < -0.3 is 10.4 Å². The number of rotatable bonds is 4. The van der Waals surface area contributed by atoms with E-state index >= 15 is 0 Å². The lowest BCUT2D eigenvalue weighted by Gasteiger charge is -2.12. The number of halogens is 1. The van der Waals surface area contributed by atoms with Gasteiger partial charge in [-0.3, -0.25) is 4.79 Å². The SMILES string of the molecule is Cc1ccc(C(=O)NCC(Cl)c2ccccc2)c(O)c1. The molecule has 1 atom stereocenters. The molecule has 0 aromatic heterocycles. The molecule has 0 bridgehead atoms. The Balaban J connectivity index is 1.99. The van der Waals surface area contributed by atoms with E-state index in [9.17, 15) is 9.90 Å². The van der Waals surface area contributed by atoms with Crippen molar-refractivity contribution in [3.63, 3.8) is 0 Å². The second-order valence-corrected chi connectivity index (χ2v) is 5.14. The van der Waals surface area contributed by atoms with Crippen LogP contribution in [0.5, 0.6) is 5.75 Å². The molecule has 2 aromatic carbocycles. The number of aryl methyl sites for hydroxylation is 1. The summed E-state index contributed by atoms with van der Waals surface area (Å²) >= 11 is 6.23. The van der Waals surface area contributed by atoms with Crippen LogP contribution >= 0.6 is 11.6 Å². The smallest absolute Gasteiger partial charge is 0.255 e. The summed E-state index contributed by atoms with van der Waals surface area (Å²) in [5.74, 6) is -0.350. The molecule has 0 heterocycles. The highest BCUT2D eigenvalue weighted by Crippen LogP contribution is 2.21. The summed E-state index contributed by atoms with van der Waals surface area (Å²) in [4.78, 5) is 12.0. The molecule has 1 amide bonds. The third-order valence-corrected chi connectivity index (χ3v) is 3.41. The monoisotopic (exact) mass is 289 g/mol. The van der Waals surface area contributed by atoms with Crippen molar-refractivity contribution in [1.82, 2.24) is 5.32 Å². The van der Waals surface area contributed by atoms with E-state index in [0.29, 0.717) is 6.54 Å². The molecule has 4 heteroatoms. The van der Waals surface area contributed by atoms with E-state index in [4.69, 9.17) is 11.6 Å². The minimum absolute atomic E-state index is 0.0201. The molecule has 0 saturated heterocycles. The van der Waals surface area contributed by atoms with Crippen LogP contribution in [-0.2, 0) is 0 Å². The molecule has 2 aromatic rings. The molecule has 3 nitrogen and oxygen atoms in total. The topological polar surface area (TPSA) is 49.3 Å². The largest absolute Gasteiger partial charge is 0.507 e. The predicted octanol–water partition coefficient (Wildman–Crippen LogP) is 3.41. The third-order valence-electron chi connectivity index (χ3n) is 3.00. The van der Waals surface area contributed by atoms with Crippen LogP contribution in [0.15, 0.2) is 48.5 Å². The number of hydrogen-bond acceptors (Lipinski definition) is 2. The van der Waals surface area contributed by atoms with Crippen molar-refractivity contribution in [2.75, 3.05) is 6.54 Å². The molecule has 0 aliphatic rings. The van der Waals surface area contributed by atoms with Gasteiger partial charge >= 0.3 is 0 Å². The van der Waals surface area contributed by atoms with Crippen molar-refractivity contribution in [3.05, 3.63) is 65.2 Å². The molecule has 0 radical (unpaired) electrons. The van der Waals surface area contributed by atoms with Gasteiger partial charge in [0.2, 0.25) is 0 Å². The van der Waals surface area contributed by atoms with E-state index in [2.05, 4.69) is 5.32 Å². The lowest BCUT2D eigenvalue weighted by molar-refractivity contribution is 0.0951. The van der Waals surface area contributed by atoms with Crippen LogP contribution in [0, 0.1) is 6.92 Å². The molecular weight excluding hydrogens is 274 g/mol. The molecule has 0 aliphatic heterocycles. The summed E-state index contributed by atoms with van der Waals surface area (Å²) in [5, 5.41) is 12.2. The first-order valence-corrected chi connectivity index (χ1v) is 6.78. The Bertz CT molecular complexity index is 599. The number of phenols is 1. The maximum absolute atomic E-state index is 12.0. The van der Waals surface area contributed by atoms with E-state index in [1.165, 1.54) is 0 Å². The maximum atomic E-state index is 12.0. The van der Waals surface area contributed by atoms with Crippen molar-refractivity contribution in [3.8, 4) is 5.75 Å². The lowest BCUT2D eigenvalue weighted by Crippen LogP contribution is -2.26. The fourth-order valence-electron chi connectivity index (χ4n) is 1.89. The fraction of sp³-hybridized carbons (Fsp3) is 0.188. The number of carbonyl (C=O) groups is 1. The number of carbonyl (C=O) groups excluding carboxylic acids is 1. The van der Waals surface area contributed by atoms with Crippen LogP contribution in [0.25, 0.3) is 0 Å². The second-order valence-electron chi connectivity index (χ2n) is 4.61. The maximum Gasteiger partial charge on any atom is 0.255 e. The molecule has 104 valence electrons. The number of nitrogens with one attached hydrogen (secondary N) is 1. The highest BCUT2D eigenvalue weighted by Gasteiger charge is 2.13. The van der Waals surface area contributed by atoms with E-state index < -0.39 is 0 Å². The van der Waals surface area contributed by atoms with Crippen LogP contribution < -0.4 is 5.32 Å². The van der Waals surface area contributed by atoms with Gasteiger partial charge in [0.1, 0.15) is 5.75 Å². The zero-order chi connectivity index (χ0) is 14.5. The van der Waals surface area contributed by atoms with Gasteiger partial charge in [0.15, 0.2) is 0 Å². The first-order valence-electron chi connectivity index (χ1n) is 6.35. The lowest BCUT2D eigenvalue weighted by atomic mass is 10.1. The normalized spacial score (nSPS) is 11.9. The van der Waals surface area contributed by atoms with E-state index in [0.717, 1.165) is 11.1 Å². The summed E-state index contributed by atoms with van der Waals surface area (Å²) in [6.07, 6.45) is 0. The second kappa shape index (κ2) is 6.44. The van der Waals surface area contributed by atoms with Crippen molar-refractivity contribution in [1.29, 1.82) is 0 Å². The van der Waals surface area contributed by atoms with Gasteiger partial charge in [-0.1, -0.05) is 36.4 Å². The van der Waals surface area contributed by atoms with Crippen LogP contribution in [0.1, 0.15) is 26.9 Å². The minimum Gasteiger partial charge on any atom is -0.507 e. The first kappa shape index (κ1) is 14.4. The van der Waals surface area contributed by atoms with Gasteiger partial charge in [-0.05, 0) is 30.2 Å². The number of hydrogen-bond donors (Lipinski definition) is 2. The Hall–Kier alpha value is -2.00. The summed E-state index contributed by atoms with van der Waals surface area (Å²) in [6, 6.07) is 14.5. The third kappa shape index (κ3) is 3.52. The number of benzene rings is 2. The van der Waals surface area contributed by atoms with Crippen LogP contribution in [0.4, 0.5) is 0 Å². The van der Waals surface area contributed by atoms with Crippen molar-refractivity contribution >= 4 is 17.5 Å². The zero-order valence-corrected chi connectivity index (χ0v) is 11.9. The van der Waals surface area contributed by atoms with Crippen LogP contribution in [0.2, 0.25) is 0 Å². The van der Waals surface area contributed by atoms with Crippen molar-refractivity contribution in [2.45, 2.75) is 12.3 Å². The molecule has 2 rings (SSSR count). The van der Waals surface area contributed by atoms with Gasteiger partial charge in [0.25, 0.3) is 5.91 Å². The molecule has 2 N–H and O–H groups in total. The highest BCUT2D eigenvalue weighted by molar-refractivity contribution is 6.21. The fourth-order valence-corrected chi connectivity index (χ4v) is 2.11. The molecular formula is C16H16ClNO2. The van der Waals surface area contributed by atoms with Crippen molar-refractivity contribution in [2.24, 2.45) is 0 Å². The summed E-state index contributed by atoms with van der Waals surface area (Å²) in [7, 11) is 0.